The molecule has 0 saturated carbocycles. The number of benzene rings is 2. The first kappa shape index (κ1) is 25.9. The van der Waals surface area contributed by atoms with Crippen LogP contribution < -0.4 is 15.4 Å². The summed E-state index contributed by atoms with van der Waals surface area (Å²) < 4.78 is 16.1. The molecule has 1 aromatic heterocycles. The van der Waals surface area contributed by atoms with Gasteiger partial charge >= 0.3 is 0 Å². The van der Waals surface area contributed by atoms with Crippen LogP contribution >= 0.6 is 35.6 Å². The van der Waals surface area contributed by atoms with E-state index in [9.17, 15) is 0 Å². The molecule has 0 radical (unpaired) electrons. The Hall–Kier alpha value is -2.37. The van der Waals surface area contributed by atoms with Crippen molar-refractivity contribution in [1.82, 2.24) is 15.5 Å². The van der Waals surface area contributed by atoms with Crippen LogP contribution in [0.15, 0.2) is 58.0 Å². The molecule has 3 aromatic rings. The van der Waals surface area contributed by atoms with Crippen LogP contribution in [0.2, 0.25) is 5.02 Å². The van der Waals surface area contributed by atoms with Crippen molar-refractivity contribution in [3.8, 4) is 17.1 Å². The molecule has 3 rings (SSSR count). The van der Waals surface area contributed by atoms with Gasteiger partial charge in [0.25, 0.3) is 0 Å². The Kier molecular flexibility index (Phi) is 11.3. The highest BCUT2D eigenvalue weighted by atomic mass is 127. The zero-order valence-electron chi connectivity index (χ0n) is 18.0. The first-order valence-electron chi connectivity index (χ1n) is 10.0. The third kappa shape index (κ3) is 8.29. The van der Waals surface area contributed by atoms with Crippen molar-refractivity contribution in [2.75, 3.05) is 32.2 Å². The van der Waals surface area contributed by atoms with Gasteiger partial charge in [-0.3, -0.25) is 0 Å². The zero-order chi connectivity index (χ0) is 21.9. The molecule has 0 aliphatic carbocycles. The number of ether oxygens (including phenoxy) is 2. The second-order valence-electron chi connectivity index (χ2n) is 6.56. The number of hydrogen-bond acceptors (Lipinski definition) is 6. The number of aliphatic imine (C=N–C) groups is 1. The Labute approximate surface area is 209 Å². The lowest BCUT2D eigenvalue weighted by Gasteiger charge is -2.12. The van der Waals surface area contributed by atoms with Crippen LogP contribution in [-0.2, 0) is 11.3 Å². The van der Waals surface area contributed by atoms with Crippen molar-refractivity contribution >= 4 is 47.2 Å². The second kappa shape index (κ2) is 13.9. The fraction of sp³-hybridized carbons (Fsp3) is 0.318. The lowest BCUT2D eigenvalue weighted by Crippen LogP contribution is -2.30. The van der Waals surface area contributed by atoms with E-state index in [4.69, 9.17) is 25.6 Å². The molecule has 10 heteroatoms. The summed E-state index contributed by atoms with van der Waals surface area (Å²) in [6, 6.07) is 15.0. The highest BCUT2D eigenvalue weighted by Crippen LogP contribution is 2.20. The van der Waals surface area contributed by atoms with Gasteiger partial charge in [0, 0.05) is 49.0 Å². The average molecular weight is 572 g/mol. The number of aromatic nitrogens is 2. The van der Waals surface area contributed by atoms with Gasteiger partial charge in [-0.2, -0.15) is 4.98 Å². The normalized spacial score (nSPS) is 11.0. The number of hydrogen-bond donors (Lipinski definition) is 2. The Morgan fingerprint density at radius 1 is 1.16 bits per heavy atom. The van der Waals surface area contributed by atoms with Crippen molar-refractivity contribution in [1.29, 1.82) is 0 Å². The quantitative estimate of drug-likeness (QED) is 0.153. The zero-order valence-corrected chi connectivity index (χ0v) is 21.1. The van der Waals surface area contributed by atoms with E-state index in [1.165, 1.54) is 0 Å². The Morgan fingerprint density at radius 3 is 2.78 bits per heavy atom. The van der Waals surface area contributed by atoms with Crippen LogP contribution in [0.4, 0.5) is 5.69 Å². The standard InChI is InChI=1S/C22H26ClN5O3.HI/c1-3-24-22(26-18-9-5-10-19(14-18)30-12-6-11-29-2)25-15-20-27-21(28-31-20)16-7-4-8-17(23)13-16;/h4-5,7-10,13-14H,3,6,11-12,15H2,1-2H3,(H2,24,25,26);1H. The molecule has 0 aliphatic heterocycles. The summed E-state index contributed by atoms with van der Waals surface area (Å²) in [5.41, 5.74) is 1.65. The minimum absolute atomic E-state index is 0. The summed E-state index contributed by atoms with van der Waals surface area (Å²) in [5, 5.41) is 11.1. The summed E-state index contributed by atoms with van der Waals surface area (Å²) in [4.78, 5) is 8.93. The molecule has 2 aromatic carbocycles. The molecule has 0 bridgehead atoms. The average Bonchev–Trinajstić information content (AvgIpc) is 3.25. The van der Waals surface area contributed by atoms with Crippen molar-refractivity contribution < 1.29 is 14.0 Å². The molecular formula is C22H27ClIN5O3. The number of guanidine groups is 1. The van der Waals surface area contributed by atoms with Gasteiger partial charge in [-0.15, -0.1) is 24.0 Å². The van der Waals surface area contributed by atoms with Gasteiger partial charge in [0.1, 0.15) is 12.3 Å². The highest BCUT2D eigenvalue weighted by molar-refractivity contribution is 14.0. The van der Waals surface area contributed by atoms with Crippen molar-refractivity contribution in [3.63, 3.8) is 0 Å². The molecule has 2 N–H and O–H groups in total. The van der Waals surface area contributed by atoms with E-state index in [1.807, 2.05) is 43.3 Å². The number of halogens is 2. The summed E-state index contributed by atoms with van der Waals surface area (Å²) in [6.07, 6.45) is 0.833. The lowest BCUT2D eigenvalue weighted by molar-refractivity contribution is 0.172. The SMILES string of the molecule is CCNC(=NCc1nc(-c2cccc(Cl)c2)no1)Nc1cccc(OCCCOC)c1.I. The molecular weight excluding hydrogens is 545 g/mol. The molecule has 0 aliphatic rings. The third-order valence-electron chi connectivity index (χ3n) is 4.13. The van der Waals surface area contributed by atoms with E-state index in [1.54, 1.807) is 19.2 Å². The Balaban J connectivity index is 0.00000363. The van der Waals surface area contributed by atoms with Gasteiger partial charge in [-0.05, 0) is 31.2 Å². The predicted octanol–water partition coefficient (Wildman–Crippen LogP) is 5.00. The topological polar surface area (TPSA) is 93.8 Å². The first-order chi connectivity index (χ1) is 15.2. The maximum Gasteiger partial charge on any atom is 0.248 e. The molecule has 0 spiro atoms. The highest BCUT2D eigenvalue weighted by Gasteiger charge is 2.09. The van der Waals surface area contributed by atoms with Crippen LogP contribution in [0.5, 0.6) is 5.75 Å². The summed E-state index contributed by atoms with van der Waals surface area (Å²) in [6.45, 7) is 4.20. The molecule has 1 heterocycles. The predicted molar refractivity (Wildman–Crippen MR) is 137 cm³/mol. The van der Waals surface area contributed by atoms with Gasteiger partial charge < -0.3 is 24.6 Å². The van der Waals surface area contributed by atoms with Crippen molar-refractivity contribution in [2.45, 2.75) is 19.9 Å². The van der Waals surface area contributed by atoms with Crippen LogP contribution in [0, 0.1) is 0 Å². The van der Waals surface area contributed by atoms with E-state index in [-0.39, 0.29) is 30.5 Å². The minimum atomic E-state index is 0. The van der Waals surface area contributed by atoms with Gasteiger partial charge in [0.05, 0.1) is 6.61 Å². The summed E-state index contributed by atoms with van der Waals surface area (Å²) in [5.74, 6) is 2.26. The Morgan fingerprint density at radius 2 is 2.00 bits per heavy atom. The smallest absolute Gasteiger partial charge is 0.248 e. The third-order valence-corrected chi connectivity index (χ3v) is 4.36. The number of nitrogens with zero attached hydrogens (tertiary/aromatic N) is 3. The number of nitrogens with one attached hydrogen (secondary N) is 2. The molecule has 32 heavy (non-hydrogen) atoms. The molecule has 8 nitrogen and oxygen atoms in total. The van der Waals surface area contributed by atoms with E-state index in [0.29, 0.717) is 42.5 Å². The first-order valence-corrected chi connectivity index (χ1v) is 10.4. The number of methoxy groups -OCH3 is 1. The van der Waals surface area contributed by atoms with Gasteiger partial charge in [-0.25, -0.2) is 4.99 Å². The fourth-order valence-electron chi connectivity index (χ4n) is 2.71. The van der Waals surface area contributed by atoms with Crippen LogP contribution in [0.3, 0.4) is 0 Å². The largest absolute Gasteiger partial charge is 0.493 e. The van der Waals surface area contributed by atoms with Crippen LogP contribution in [-0.4, -0.2) is 43.0 Å². The molecule has 0 amide bonds. The van der Waals surface area contributed by atoms with Crippen molar-refractivity contribution in [2.24, 2.45) is 4.99 Å². The van der Waals surface area contributed by atoms with E-state index in [0.717, 1.165) is 23.4 Å². The Bertz CT molecular complexity index is 999. The monoisotopic (exact) mass is 571 g/mol. The summed E-state index contributed by atoms with van der Waals surface area (Å²) >= 11 is 6.03. The second-order valence-corrected chi connectivity index (χ2v) is 7.00. The van der Waals surface area contributed by atoms with E-state index < -0.39 is 0 Å². The van der Waals surface area contributed by atoms with Crippen LogP contribution in [0.25, 0.3) is 11.4 Å². The number of rotatable bonds is 10. The van der Waals surface area contributed by atoms with Gasteiger partial charge in [-0.1, -0.05) is 35.0 Å². The minimum Gasteiger partial charge on any atom is -0.493 e. The van der Waals surface area contributed by atoms with E-state index >= 15 is 0 Å². The molecule has 0 atom stereocenters. The summed E-state index contributed by atoms with van der Waals surface area (Å²) in [7, 11) is 1.68. The van der Waals surface area contributed by atoms with Crippen LogP contribution in [0.1, 0.15) is 19.2 Å². The molecule has 0 unspecified atom stereocenters. The molecule has 172 valence electrons. The lowest BCUT2D eigenvalue weighted by atomic mass is 10.2. The van der Waals surface area contributed by atoms with Gasteiger partial charge in [0.2, 0.25) is 11.7 Å². The fourth-order valence-corrected chi connectivity index (χ4v) is 2.90. The molecule has 0 fully saturated rings. The molecule has 0 saturated heterocycles. The van der Waals surface area contributed by atoms with E-state index in [2.05, 4.69) is 25.8 Å². The maximum atomic E-state index is 6.03. The maximum absolute atomic E-state index is 6.03. The van der Waals surface area contributed by atoms with Gasteiger partial charge in [0.15, 0.2) is 5.96 Å². The number of anilines is 1. The van der Waals surface area contributed by atoms with Crippen molar-refractivity contribution in [3.05, 3.63) is 59.4 Å².